The number of carbonyl (C=O) groups excluding carboxylic acids is 2. The van der Waals surface area contributed by atoms with Crippen molar-refractivity contribution in [2.24, 2.45) is 11.8 Å². The second kappa shape index (κ2) is 7.66. The van der Waals surface area contributed by atoms with Crippen LogP contribution in [0.15, 0.2) is 0 Å². The van der Waals surface area contributed by atoms with Gasteiger partial charge >= 0.3 is 12.0 Å². The maximum Gasteiger partial charge on any atom is 0.326 e. The number of carboxylic acids is 1. The number of likely N-dealkylation sites (tertiary alicyclic amines) is 2. The highest BCUT2D eigenvalue weighted by Gasteiger charge is 2.33. The van der Waals surface area contributed by atoms with Gasteiger partial charge in [0.2, 0.25) is 5.91 Å². The van der Waals surface area contributed by atoms with Crippen molar-refractivity contribution in [3.05, 3.63) is 0 Å². The summed E-state index contributed by atoms with van der Waals surface area (Å²) in [4.78, 5) is 39.6. The quantitative estimate of drug-likeness (QED) is 0.811. The molecule has 2 heterocycles. The standard InChI is InChI=1S/C16H27N3O4/c1-11(2)13(15(21)22)17-14(20)12-6-5-9-19(10-12)16(23)18-7-3-4-8-18/h11-13H,3-10H2,1-2H3,(H,17,20)(H,21,22)/t12?,13-/m1/s1. The van der Waals surface area contributed by atoms with E-state index < -0.39 is 12.0 Å². The van der Waals surface area contributed by atoms with E-state index in [0.29, 0.717) is 19.5 Å². The number of nitrogens with one attached hydrogen (secondary N) is 1. The maximum absolute atomic E-state index is 12.4. The lowest BCUT2D eigenvalue weighted by Gasteiger charge is -2.35. The molecule has 2 saturated heterocycles. The highest BCUT2D eigenvalue weighted by Crippen LogP contribution is 2.20. The van der Waals surface area contributed by atoms with Crippen LogP contribution >= 0.6 is 0 Å². The third kappa shape index (κ3) is 4.36. The molecule has 2 rings (SSSR count). The normalized spacial score (nSPS) is 23.0. The first-order chi connectivity index (χ1) is 10.9. The molecule has 2 aliphatic rings. The Morgan fingerprint density at radius 2 is 1.65 bits per heavy atom. The van der Waals surface area contributed by atoms with Crippen molar-refractivity contribution in [2.75, 3.05) is 26.2 Å². The predicted molar refractivity (Wildman–Crippen MR) is 84.9 cm³/mol. The predicted octanol–water partition coefficient (Wildman–Crippen LogP) is 1.14. The molecule has 0 radical (unpaired) electrons. The average molecular weight is 325 g/mol. The number of rotatable bonds is 4. The number of hydrogen-bond acceptors (Lipinski definition) is 3. The molecule has 0 aromatic rings. The summed E-state index contributed by atoms with van der Waals surface area (Å²) in [6, 6.07) is -0.870. The van der Waals surface area contributed by atoms with Gasteiger partial charge in [0, 0.05) is 26.2 Å². The molecule has 2 aliphatic heterocycles. The van der Waals surface area contributed by atoms with Gasteiger partial charge < -0.3 is 20.2 Å². The van der Waals surface area contributed by atoms with Gasteiger partial charge in [-0.3, -0.25) is 4.79 Å². The molecule has 2 fully saturated rings. The Morgan fingerprint density at radius 3 is 2.22 bits per heavy atom. The monoisotopic (exact) mass is 325 g/mol. The fraction of sp³-hybridized carbons (Fsp3) is 0.812. The van der Waals surface area contributed by atoms with Crippen molar-refractivity contribution in [1.82, 2.24) is 15.1 Å². The van der Waals surface area contributed by atoms with Gasteiger partial charge in [-0.15, -0.1) is 0 Å². The smallest absolute Gasteiger partial charge is 0.326 e. The van der Waals surface area contributed by atoms with Crippen molar-refractivity contribution in [1.29, 1.82) is 0 Å². The largest absolute Gasteiger partial charge is 0.480 e. The fourth-order valence-electron chi connectivity index (χ4n) is 3.26. The number of nitrogens with zero attached hydrogens (tertiary/aromatic N) is 2. The van der Waals surface area contributed by atoms with Crippen molar-refractivity contribution >= 4 is 17.9 Å². The first-order valence-electron chi connectivity index (χ1n) is 8.47. The van der Waals surface area contributed by atoms with Crippen LogP contribution in [0.25, 0.3) is 0 Å². The molecule has 3 amide bonds. The Kier molecular flexibility index (Phi) is 5.85. The molecule has 0 aliphatic carbocycles. The number of carboxylic acid groups (broad SMARTS) is 1. The molecule has 0 aromatic carbocycles. The highest BCUT2D eigenvalue weighted by atomic mass is 16.4. The van der Waals surface area contributed by atoms with E-state index in [2.05, 4.69) is 5.32 Å². The Bertz CT molecular complexity index is 460. The lowest BCUT2D eigenvalue weighted by Crippen LogP contribution is -2.52. The first kappa shape index (κ1) is 17.6. The van der Waals surface area contributed by atoms with Crippen molar-refractivity contribution in [3.63, 3.8) is 0 Å². The SMILES string of the molecule is CC(C)[C@@H](NC(=O)C1CCCN(C(=O)N2CCCC2)C1)C(=O)O. The average Bonchev–Trinajstić information content (AvgIpc) is 3.05. The van der Waals surface area contributed by atoms with Crippen molar-refractivity contribution in [2.45, 2.75) is 45.6 Å². The molecular formula is C16H27N3O4. The number of piperidine rings is 1. The van der Waals surface area contributed by atoms with Crippen LogP contribution in [0.3, 0.4) is 0 Å². The number of hydrogen-bond donors (Lipinski definition) is 2. The molecule has 0 bridgehead atoms. The molecule has 0 spiro atoms. The van der Waals surface area contributed by atoms with E-state index in [-0.39, 0.29) is 23.8 Å². The summed E-state index contributed by atoms with van der Waals surface area (Å²) in [5, 5.41) is 11.8. The van der Waals surface area contributed by atoms with Crippen LogP contribution in [-0.4, -0.2) is 65.0 Å². The maximum atomic E-state index is 12.4. The number of carbonyl (C=O) groups is 3. The van der Waals surface area contributed by atoms with Gasteiger partial charge in [0.1, 0.15) is 6.04 Å². The number of amides is 3. The summed E-state index contributed by atoms with van der Waals surface area (Å²) < 4.78 is 0. The lowest BCUT2D eigenvalue weighted by molar-refractivity contribution is -0.144. The van der Waals surface area contributed by atoms with Gasteiger partial charge in [0.05, 0.1) is 5.92 Å². The molecule has 23 heavy (non-hydrogen) atoms. The van der Waals surface area contributed by atoms with E-state index in [1.54, 1.807) is 18.7 Å². The van der Waals surface area contributed by atoms with E-state index in [1.807, 2.05) is 4.90 Å². The lowest BCUT2D eigenvalue weighted by atomic mass is 9.96. The van der Waals surface area contributed by atoms with E-state index in [9.17, 15) is 19.5 Å². The van der Waals surface area contributed by atoms with Gasteiger partial charge in [0.25, 0.3) is 0 Å². The number of urea groups is 1. The highest BCUT2D eigenvalue weighted by molar-refractivity contribution is 5.86. The molecule has 0 aromatic heterocycles. The van der Waals surface area contributed by atoms with Crippen LogP contribution in [0.1, 0.15) is 39.5 Å². The Labute approximate surface area is 137 Å². The van der Waals surface area contributed by atoms with Gasteiger partial charge in [-0.25, -0.2) is 9.59 Å². The molecule has 0 saturated carbocycles. The summed E-state index contributed by atoms with van der Waals surface area (Å²) >= 11 is 0. The second-order valence-corrected chi connectivity index (χ2v) is 6.83. The summed E-state index contributed by atoms with van der Waals surface area (Å²) in [6.07, 6.45) is 3.55. The van der Waals surface area contributed by atoms with Crippen LogP contribution in [-0.2, 0) is 9.59 Å². The van der Waals surface area contributed by atoms with Gasteiger partial charge in [0.15, 0.2) is 0 Å². The molecule has 7 heteroatoms. The minimum atomic E-state index is -1.02. The molecule has 2 atom stereocenters. The molecule has 1 unspecified atom stereocenters. The van der Waals surface area contributed by atoms with E-state index in [0.717, 1.165) is 32.4 Å². The Hall–Kier alpha value is -1.79. The third-order valence-corrected chi connectivity index (χ3v) is 4.67. The summed E-state index contributed by atoms with van der Waals surface area (Å²) in [7, 11) is 0. The van der Waals surface area contributed by atoms with E-state index >= 15 is 0 Å². The number of aliphatic carboxylic acids is 1. The van der Waals surface area contributed by atoms with Crippen LogP contribution in [0, 0.1) is 11.8 Å². The Balaban J connectivity index is 1.93. The summed E-state index contributed by atoms with van der Waals surface area (Å²) in [5.74, 6) is -1.78. The van der Waals surface area contributed by atoms with Crippen LogP contribution < -0.4 is 5.32 Å². The third-order valence-electron chi connectivity index (χ3n) is 4.67. The Morgan fingerprint density at radius 1 is 1.04 bits per heavy atom. The summed E-state index contributed by atoms with van der Waals surface area (Å²) in [6.45, 7) is 6.17. The molecule has 2 N–H and O–H groups in total. The zero-order chi connectivity index (χ0) is 17.0. The van der Waals surface area contributed by atoms with Crippen LogP contribution in [0.4, 0.5) is 4.79 Å². The zero-order valence-electron chi connectivity index (χ0n) is 14.0. The second-order valence-electron chi connectivity index (χ2n) is 6.83. The van der Waals surface area contributed by atoms with Crippen molar-refractivity contribution < 1.29 is 19.5 Å². The zero-order valence-corrected chi connectivity index (χ0v) is 14.0. The van der Waals surface area contributed by atoms with Gasteiger partial charge in [-0.2, -0.15) is 0 Å². The van der Waals surface area contributed by atoms with Gasteiger partial charge in [-0.05, 0) is 31.6 Å². The molecule has 130 valence electrons. The fourth-order valence-corrected chi connectivity index (χ4v) is 3.26. The van der Waals surface area contributed by atoms with Crippen LogP contribution in [0.5, 0.6) is 0 Å². The topological polar surface area (TPSA) is 90.0 Å². The van der Waals surface area contributed by atoms with Crippen molar-refractivity contribution in [3.8, 4) is 0 Å². The van der Waals surface area contributed by atoms with Gasteiger partial charge in [-0.1, -0.05) is 13.8 Å². The van der Waals surface area contributed by atoms with E-state index in [1.165, 1.54) is 0 Å². The van der Waals surface area contributed by atoms with E-state index in [4.69, 9.17) is 0 Å². The molecule has 7 nitrogen and oxygen atoms in total. The summed E-state index contributed by atoms with van der Waals surface area (Å²) in [5.41, 5.74) is 0. The minimum Gasteiger partial charge on any atom is -0.480 e. The first-order valence-corrected chi connectivity index (χ1v) is 8.47. The minimum absolute atomic E-state index is 0.0126. The molecular weight excluding hydrogens is 298 g/mol. The van der Waals surface area contributed by atoms with Crippen LogP contribution in [0.2, 0.25) is 0 Å².